The zero-order valence-electron chi connectivity index (χ0n) is 20.0. The van der Waals surface area contributed by atoms with Crippen LogP contribution in [0.1, 0.15) is 31.0 Å². The molecule has 0 saturated heterocycles. The lowest BCUT2D eigenvalue weighted by Gasteiger charge is -2.24. The van der Waals surface area contributed by atoms with Crippen molar-refractivity contribution in [1.82, 2.24) is 4.57 Å². The number of carbonyl (C=O) groups excluding carboxylic acids is 2. The first-order valence-electron chi connectivity index (χ1n) is 11.1. The molecule has 0 fully saturated rings. The number of hydrogen-bond donors (Lipinski definition) is 0. The lowest BCUT2D eigenvalue weighted by atomic mass is 9.96. The minimum Gasteiger partial charge on any atom is -0.497 e. The van der Waals surface area contributed by atoms with Crippen LogP contribution in [-0.2, 0) is 14.3 Å². The second-order valence-electron chi connectivity index (χ2n) is 7.91. The zero-order valence-corrected chi connectivity index (χ0v) is 20.8. The molecule has 36 heavy (non-hydrogen) atoms. The average molecular weight is 505 g/mol. The van der Waals surface area contributed by atoms with E-state index in [2.05, 4.69) is 11.6 Å². The van der Waals surface area contributed by atoms with Crippen molar-refractivity contribution in [1.29, 1.82) is 0 Å². The van der Waals surface area contributed by atoms with Gasteiger partial charge in [-0.3, -0.25) is 14.2 Å². The Labute approximate surface area is 211 Å². The Morgan fingerprint density at radius 2 is 1.92 bits per heavy atom. The van der Waals surface area contributed by atoms with Crippen LogP contribution < -0.4 is 24.4 Å². The monoisotopic (exact) mass is 504 g/mol. The third-order valence-electron chi connectivity index (χ3n) is 5.42. The van der Waals surface area contributed by atoms with Crippen LogP contribution in [0.15, 0.2) is 82.2 Å². The Hall–Kier alpha value is -4.24. The van der Waals surface area contributed by atoms with E-state index < -0.39 is 18.0 Å². The van der Waals surface area contributed by atoms with Gasteiger partial charge in [0.05, 0.1) is 29.0 Å². The highest BCUT2D eigenvalue weighted by molar-refractivity contribution is 7.07. The summed E-state index contributed by atoms with van der Waals surface area (Å²) in [6.45, 7) is 6.67. The van der Waals surface area contributed by atoms with Gasteiger partial charge in [0, 0.05) is 6.92 Å². The largest absolute Gasteiger partial charge is 0.497 e. The van der Waals surface area contributed by atoms with Crippen LogP contribution in [0.5, 0.6) is 11.5 Å². The number of benzene rings is 2. The molecule has 4 rings (SSSR count). The molecule has 0 aliphatic carbocycles. The molecule has 3 aromatic rings. The second kappa shape index (κ2) is 10.6. The summed E-state index contributed by atoms with van der Waals surface area (Å²) in [5, 5.41) is 0. The Balaban J connectivity index is 1.88. The van der Waals surface area contributed by atoms with Gasteiger partial charge in [-0.15, -0.1) is 0 Å². The second-order valence-corrected chi connectivity index (χ2v) is 8.92. The van der Waals surface area contributed by atoms with Gasteiger partial charge in [-0.1, -0.05) is 48.3 Å². The van der Waals surface area contributed by atoms with E-state index in [1.165, 1.54) is 28.9 Å². The van der Waals surface area contributed by atoms with E-state index in [0.717, 1.165) is 0 Å². The summed E-state index contributed by atoms with van der Waals surface area (Å²) >= 11 is 1.21. The van der Waals surface area contributed by atoms with Crippen LogP contribution >= 0.6 is 11.3 Å². The van der Waals surface area contributed by atoms with Crippen molar-refractivity contribution in [3.05, 3.63) is 103 Å². The van der Waals surface area contributed by atoms with Crippen molar-refractivity contribution >= 4 is 29.4 Å². The molecule has 9 heteroatoms. The summed E-state index contributed by atoms with van der Waals surface area (Å²) < 4.78 is 17.7. The molecule has 0 spiro atoms. The summed E-state index contributed by atoms with van der Waals surface area (Å²) in [6.07, 6.45) is 3.19. The number of rotatable bonds is 7. The first-order valence-corrected chi connectivity index (χ1v) is 11.9. The minimum atomic E-state index is -0.737. The highest BCUT2D eigenvalue weighted by Gasteiger charge is 2.33. The molecule has 0 bridgehead atoms. The Morgan fingerprint density at radius 3 is 2.58 bits per heavy atom. The number of hydrogen-bond acceptors (Lipinski definition) is 8. The van der Waals surface area contributed by atoms with Crippen molar-refractivity contribution < 1.29 is 23.8 Å². The molecule has 8 nitrogen and oxygen atoms in total. The molecule has 1 aliphatic heterocycles. The number of nitrogens with zero attached hydrogens (tertiary/aromatic N) is 2. The molecule has 1 aromatic heterocycles. The molecule has 1 unspecified atom stereocenters. The molecule has 1 atom stereocenters. The number of fused-ring (bicyclic) bond motifs is 1. The highest BCUT2D eigenvalue weighted by atomic mass is 32.1. The first-order chi connectivity index (χ1) is 17.3. The maximum Gasteiger partial charge on any atom is 0.338 e. The van der Waals surface area contributed by atoms with Gasteiger partial charge >= 0.3 is 11.9 Å². The lowest BCUT2D eigenvalue weighted by Crippen LogP contribution is -2.39. The number of ether oxygens (including phenoxy) is 3. The van der Waals surface area contributed by atoms with Crippen molar-refractivity contribution in [3.63, 3.8) is 0 Å². The van der Waals surface area contributed by atoms with Gasteiger partial charge in [0.1, 0.15) is 18.1 Å². The molecule has 2 aromatic carbocycles. The summed E-state index contributed by atoms with van der Waals surface area (Å²) in [6, 6.07) is 13.3. The highest BCUT2D eigenvalue weighted by Crippen LogP contribution is 2.31. The number of aromatic nitrogens is 1. The average Bonchev–Trinajstić information content (AvgIpc) is 3.15. The fraction of sp³-hybridized carbons (Fsp3) is 0.185. The van der Waals surface area contributed by atoms with Crippen molar-refractivity contribution in [2.75, 3.05) is 13.7 Å². The summed E-state index contributed by atoms with van der Waals surface area (Å²) in [5.41, 5.74) is 1.83. The zero-order chi connectivity index (χ0) is 25.8. The SMILES string of the molecule is C=CCOC(=O)C1=C(C)N=c2sc(=Cc3cccc(OC(C)=O)c3)c(=O)n2C1c1ccc(OC)cc1. The number of methoxy groups -OCH3 is 1. The Kier molecular flexibility index (Phi) is 7.30. The molecule has 2 heterocycles. The van der Waals surface area contributed by atoms with Gasteiger partial charge in [-0.2, -0.15) is 0 Å². The van der Waals surface area contributed by atoms with E-state index in [9.17, 15) is 14.4 Å². The molecule has 184 valence electrons. The standard InChI is InChI=1S/C27H24N2O6S/c1-5-13-34-26(32)23-16(2)28-27-29(24(23)19-9-11-20(33-4)12-10-19)25(31)22(36-27)15-18-7-6-8-21(14-18)35-17(3)30/h5-12,14-15,24H,1,13H2,2-4H3. The maximum atomic E-state index is 13.7. The summed E-state index contributed by atoms with van der Waals surface area (Å²) in [4.78, 5) is 43.0. The van der Waals surface area contributed by atoms with Crippen LogP contribution in [0.3, 0.4) is 0 Å². The molecule has 1 aliphatic rings. The normalized spacial score (nSPS) is 15.1. The van der Waals surface area contributed by atoms with E-state index >= 15 is 0 Å². The third kappa shape index (κ3) is 5.06. The van der Waals surface area contributed by atoms with Crippen molar-refractivity contribution in [3.8, 4) is 11.5 Å². The topological polar surface area (TPSA) is 96.2 Å². The number of esters is 2. The van der Waals surface area contributed by atoms with Crippen molar-refractivity contribution in [2.24, 2.45) is 4.99 Å². The predicted molar refractivity (Wildman–Crippen MR) is 136 cm³/mol. The molecule has 0 saturated carbocycles. The fourth-order valence-electron chi connectivity index (χ4n) is 3.88. The number of thiazole rings is 1. The van der Waals surface area contributed by atoms with Crippen LogP contribution in [0, 0.1) is 0 Å². The van der Waals surface area contributed by atoms with Crippen LogP contribution in [0.2, 0.25) is 0 Å². The molecule has 0 radical (unpaired) electrons. The van der Waals surface area contributed by atoms with E-state index in [-0.39, 0.29) is 17.7 Å². The maximum absolute atomic E-state index is 13.7. The van der Waals surface area contributed by atoms with Gasteiger partial charge in [-0.25, -0.2) is 9.79 Å². The Bertz CT molecular complexity index is 1550. The van der Waals surface area contributed by atoms with Crippen LogP contribution in [0.25, 0.3) is 6.08 Å². The predicted octanol–water partition coefficient (Wildman–Crippen LogP) is 2.90. The van der Waals surface area contributed by atoms with Crippen molar-refractivity contribution in [2.45, 2.75) is 19.9 Å². The van der Waals surface area contributed by atoms with Gasteiger partial charge < -0.3 is 14.2 Å². The fourth-order valence-corrected chi connectivity index (χ4v) is 4.93. The first kappa shape index (κ1) is 24.9. The van der Waals surface area contributed by atoms with Crippen LogP contribution in [-0.4, -0.2) is 30.2 Å². The Morgan fingerprint density at radius 1 is 1.17 bits per heavy atom. The molecular formula is C27H24N2O6S. The molecular weight excluding hydrogens is 480 g/mol. The van der Waals surface area contributed by atoms with E-state index in [1.54, 1.807) is 56.5 Å². The van der Waals surface area contributed by atoms with Gasteiger partial charge in [0.15, 0.2) is 4.80 Å². The van der Waals surface area contributed by atoms with Gasteiger partial charge in [0.25, 0.3) is 5.56 Å². The molecule has 0 N–H and O–H groups in total. The third-order valence-corrected chi connectivity index (χ3v) is 6.41. The quantitative estimate of drug-likeness (QED) is 0.279. The van der Waals surface area contributed by atoms with E-state index in [4.69, 9.17) is 14.2 Å². The number of carbonyl (C=O) groups is 2. The van der Waals surface area contributed by atoms with E-state index in [1.807, 2.05) is 12.1 Å². The van der Waals surface area contributed by atoms with E-state index in [0.29, 0.717) is 37.7 Å². The number of allylic oxidation sites excluding steroid dienone is 1. The minimum absolute atomic E-state index is 0.0358. The van der Waals surface area contributed by atoms with Gasteiger partial charge in [-0.05, 0) is 48.4 Å². The molecule has 0 amide bonds. The van der Waals surface area contributed by atoms with Crippen LogP contribution in [0.4, 0.5) is 0 Å². The summed E-state index contributed by atoms with van der Waals surface area (Å²) in [5.74, 6) is 0.0243. The summed E-state index contributed by atoms with van der Waals surface area (Å²) in [7, 11) is 1.57. The lowest BCUT2D eigenvalue weighted by molar-refractivity contribution is -0.138. The van der Waals surface area contributed by atoms with Gasteiger partial charge in [0.2, 0.25) is 0 Å². The smallest absolute Gasteiger partial charge is 0.338 e.